The average Bonchev–Trinajstić information content (AvgIpc) is 3.26. The third kappa shape index (κ3) is 5.35. The Morgan fingerprint density at radius 1 is 1.31 bits per heavy atom. The van der Waals surface area contributed by atoms with Crippen molar-refractivity contribution in [2.45, 2.75) is 89.1 Å². The van der Waals surface area contributed by atoms with E-state index in [0.717, 1.165) is 29.6 Å². The Morgan fingerprint density at radius 3 is 2.60 bits per heavy atom. The second-order valence-corrected chi connectivity index (χ2v) is 12.9. The third-order valence-corrected chi connectivity index (χ3v) is 9.18. The van der Waals surface area contributed by atoms with Crippen LogP contribution in [0.4, 0.5) is 9.18 Å². The van der Waals surface area contributed by atoms with Crippen molar-refractivity contribution in [2.75, 3.05) is 12.6 Å². The maximum atomic E-state index is 13.0. The number of ether oxygens (including phenoxy) is 2. The van der Waals surface area contributed by atoms with Crippen LogP contribution in [0.3, 0.4) is 0 Å². The summed E-state index contributed by atoms with van der Waals surface area (Å²) >= 11 is 3.39. The number of hydrogen-bond acceptors (Lipinski definition) is 7. The number of halogens is 2. The summed E-state index contributed by atoms with van der Waals surface area (Å²) in [6.45, 7) is 7.71. The molecule has 1 aromatic heterocycles. The molecule has 0 bridgehead atoms. The van der Waals surface area contributed by atoms with Gasteiger partial charge in [-0.25, -0.2) is 32.3 Å². The Morgan fingerprint density at radius 2 is 2.00 bits per heavy atom. The van der Waals surface area contributed by atoms with E-state index in [0.29, 0.717) is 18.3 Å². The number of alkyl halides is 1. The third-order valence-electron chi connectivity index (χ3n) is 7.82. The molecule has 1 aliphatic heterocycles. The molecule has 1 saturated heterocycles. The van der Waals surface area contributed by atoms with Gasteiger partial charge in [-0.2, -0.15) is 0 Å². The minimum atomic E-state index is -4.09. The van der Waals surface area contributed by atoms with Gasteiger partial charge in [-0.05, 0) is 74.2 Å². The van der Waals surface area contributed by atoms with Gasteiger partial charge in [0.05, 0.1) is 29.3 Å². The number of hydrogen-bond donors (Lipinski definition) is 1. The van der Waals surface area contributed by atoms with Crippen molar-refractivity contribution in [3.8, 4) is 0 Å². The van der Waals surface area contributed by atoms with Gasteiger partial charge < -0.3 is 9.47 Å². The molecule has 0 aromatic carbocycles. The van der Waals surface area contributed by atoms with Gasteiger partial charge in [-0.1, -0.05) is 6.92 Å². The number of carbonyl (C=O) groups excluding carboxylic acids is 1. The molecule has 12 heteroatoms. The van der Waals surface area contributed by atoms with Crippen molar-refractivity contribution >= 4 is 32.0 Å². The second kappa shape index (κ2) is 10.2. The van der Waals surface area contributed by atoms with Crippen molar-refractivity contribution in [3.05, 3.63) is 22.7 Å². The maximum absolute atomic E-state index is 13.0. The topological polar surface area (TPSA) is 111 Å². The van der Waals surface area contributed by atoms with Crippen LogP contribution in [0.1, 0.15) is 59.2 Å². The Balaban J connectivity index is 1.44. The Kier molecular flexibility index (Phi) is 7.76. The van der Waals surface area contributed by atoms with Crippen LogP contribution in [0.15, 0.2) is 16.9 Å². The first kappa shape index (κ1) is 26.7. The highest BCUT2D eigenvalue weighted by Gasteiger charge is 2.66. The van der Waals surface area contributed by atoms with Gasteiger partial charge in [0.15, 0.2) is 0 Å². The molecule has 1 aromatic rings. The number of sulfonamides is 1. The number of likely N-dealkylation sites (tertiary alicyclic amines) is 1. The van der Waals surface area contributed by atoms with Crippen molar-refractivity contribution < 1.29 is 27.1 Å². The quantitative estimate of drug-likeness (QED) is 0.503. The fraction of sp³-hybridized carbons (Fsp3) is 0.783. The van der Waals surface area contributed by atoms with Crippen LogP contribution >= 0.6 is 15.9 Å². The summed E-state index contributed by atoms with van der Waals surface area (Å²) in [5.74, 6) is 1.74. The molecule has 9 nitrogen and oxygen atoms in total. The summed E-state index contributed by atoms with van der Waals surface area (Å²) in [6, 6.07) is -3.02. The number of amides is 1. The van der Waals surface area contributed by atoms with Gasteiger partial charge >= 0.3 is 6.09 Å². The van der Waals surface area contributed by atoms with Crippen LogP contribution in [-0.2, 0) is 24.9 Å². The van der Waals surface area contributed by atoms with E-state index >= 15 is 0 Å². The van der Waals surface area contributed by atoms with E-state index in [2.05, 4.69) is 37.5 Å². The van der Waals surface area contributed by atoms with Crippen LogP contribution in [0, 0.1) is 11.8 Å². The first-order valence-corrected chi connectivity index (χ1v) is 14.6. The molecule has 4 rings (SSSR count). The zero-order valence-corrected chi connectivity index (χ0v) is 22.9. The van der Waals surface area contributed by atoms with Crippen LogP contribution in [0.25, 0.3) is 0 Å². The number of nitrogens with one attached hydrogen (secondary N) is 1. The van der Waals surface area contributed by atoms with E-state index in [1.807, 2.05) is 6.92 Å². The molecular formula is C23H34BrFN4O5S. The molecule has 1 amide bonds. The van der Waals surface area contributed by atoms with Gasteiger partial charge in [-0.15, -0.1) is 0 Å². The molecule has 0 radical (unpaired) electrons. The van der Waals surface area contributed by atoms with E-state index in [4.69, 9.17) is 9.47 Å². The van der Waals surface area contributed by atoms with Gasteiger partial charge in [0.1, 0.15) is 5.82 Å². The first-order chi connectivity index (χ1) is 16.5. The molecule has 7 atom stereocenters. The summed E-state index contributed by atoms with van der Waals surface area (Å²) in [6.07, 6.45) is 5.64. The second-order valence-electron chi connectivity index (χ2n) is 10.3. The van der Waals surface area contributed by atoms with Crippen molar-refractivity contribution in [2.24, 2.45) is 11.8 Å². The molecule has 3 fully saturated rings. The number of aromatic nitrogens is 2. The average molecular weight is 578 g/mol. The standard InChI is InChI=1S/C23H34BrFN4O5S/c1-13(2)34-22(30)29-14(3)7-19(28-35(31,32)12-25)20(29)11-33-17-5-6-23(15(4)18(23)8-17)21-26-9-16(24)10-27-21/h9-10,13-15,17-20,28H,5-8,11-12H2,1-4H3/t14-,15+,17+,18?,19+,20+,23-/m1/s1. The van der Waals surface area contributed by atoms with Crippen LogP contribution in [0.2, 0.25) is 0 Å². The zero-order chi connectivity index (χ0) is 25.5. The highest BCUT2D eigenvalue weighted by atomic mass is 79.9. The highest BCUT2D eigenvalue weighted by Crippen LogP contribution is 2.66. The summed E-state index contributed by atoms with van der Waals surface area (Å²) in [5, 5.41) is 0. The maximum Gasteiger partial charge on any atom is 0.410 e. The highest BCUT2D eigenvalue weighted by molar-refractivity contribution is 9.10. The van der Waals surface area contributed by atoms with E-state index in [-0.39, 0.29) is 30.3 Å². The smallest absolute Gasteiger partial charge is 0.410 e. The van der Waals surface area contributed by atoms with Gasteiger partial charge in [0.25, 0.3) is 0 Å². The molecule has 2 heterocycles. The van der Waals surface area contributed by atoms with E-state index < -0.39 is 34.2 Å². The molecule has 35 heavy (non-hydrogen) atoms. The fourth-order valence-corrected chi connectivity index (χ4v) is 7.08. The van der Waals surface area contributed by atoms with E-state index in [1.165, 1.54) is 4.90 Å². The minimum Gasteiger partial charge on any atom is -0.447 e. The van der Waals surface area contributed by atoms with Gasteiger partial charge in [0, 0.05) is 29.9 Å². The molecule has 2 aliphatic carbocycles. The summed E-state index contributed by atoms with van der Waals surface area (Å²) in [5.41, 5.74) is -0.0190. The van der Waals surface area contributed by atoms with Crippen molar-refractivity contribution in [1.82, 2.24) is 19.6 Å². The Bertz CT molecular complexity index is 1030. The lowest BCUT2D eigenvalue weighted by molar-refractivity contribution is -0.0148. The number of nitrogens with zero attached hydrogens (tertiary/aromatic N) is 3. The molecular weight excluding hydrogens is 543 g/mol. The number of carbonyl (C=O) groups is 1. The predicted octanol–water partition coefficient (Wildman–Crippen LogP) is 3.53. The molecule has 3 aliphatic rings. The van der Waals surface area contributed by atoms with E-state index in [1.54, 1.807) is 26.2 Å². The van der Waals surface area contributed by atoms with Crippen LogP contribution in [0.5, 0.6) is 0 Å². The zero-order valence-electron chi connectivity index (χ0n) is 20.5. The normalized spacial score (nSPS) is 34.7. The molecule has 196 valence electrons. The number of fused-ring (bicyclic) bond motifs is 1. The minimum absolute atomic E-state index is 0.0190. The van der Waals surface area contributed by atoms with Gasteiger partial charge in [-0.3, -0.25) is 4.90 Å². The summed E-state index contributed by atoms with van der Waals surface area (Å²) < 4.78 is 51.9. The molecule has 1 unspecified atom stereocenters. The fourth-order valence-electron chi connectivity index (χ4n) is 6.10. The largest absolute Gasteiger partial charge is 0.447 e. The molecule has 0 spiro atoms. The van der Waals surface area contributed by atoms with Crippen molar-refractivity contribution in [3.63, 3.8) is 0 Å². The van der Waals surface area contributed by atoms with Crippen molar-refractivity contribution in [1.29, 1.82) is 0 Å². The lowest BCUT2D eigenvalue weighted by Gasteiger charge is -2.33. The van der Waals surface area contributed by atoms with Gasteiger partial charge in [0.2, 0.25) is 16.0 Å². The van der Waals surface area contributed by atoms with Crippen LogP contribution < -0.4 is 4.72 Å². The lowest BCUT2D eigenvalue weighted by atomic mass is 9.85. The Labute approximate surface area is 214 Å². The molecule has 2 saturated carbocycles. The van der Waals surface area contributed by atoms with Crippen LogP contribution in [-0.4, -0.2) is 72.3 Å². The molecule has 1 N–H and O–H groups in total. The monoisotopic (exact) mass is 576 g/mol. The number of rotatable bonds is 8. The SMILES string of the molecule is CC(C)OC(=O)N1[C@H](C)C[C@H](NS(=O)(=O)CF)[C@@H]1CO[C@H]1CC[C@]2(c3ncc(Br)cn3)C(C1)[C@@H]2C. The summed E-state index contributed by atoms with van der Waals surface area (Å²) in [4.78, 5) is 23.5. The van der Waals surface area contributed by atoms with E-state index in [9.17, 15) is 17.6 Å². The first-order valence-electron chi connectivity index (χ1n) is 12.1. The summed E-state index contributed by atoms with van der Waals surface area (Å²) in [7, 11) is -4.09. The lowest BCUT2D eigenvalue weighted by Crippen LogP contribution is -2.51. The predicted molar refractivity (Wildman–Crippen MR) is 131 cm³/mol. The Hall–Kier alpha value is -1.37.